The summed E-state index contributed by atoms with van der Waals surface area (Å²) in [5.74, 6) is -0.356. The highest BCUT2D eigenvalue weighted by molar-refractivity contribution is 5.99. The van der Waals surface area contributed by atoms with Crippen molar-refractivity contribution in [1.82, 2.24) is 15.1 Å². The molecule has 0 aliphatic carbocycles. The summed E-state index contributed by atoms with van der Waals surface area (Å²) in [6, 6.07) is 6.46. The number of nitrogens with one attached hydrogen (secondary N) is 1. The van der Waals surface area contributed by atoms with Gasteiger partial charge in [-0.3, -0.25) is 14.4 Å². The smallest absolute Gasteiger partial charge is 0.251 e. The highest BCUT2D eigenvalue weighted by atomic mass is 16.5. The van der Waals surface area contributed by atoms with E-state index in [9.17, 15) is 14.4 Å². The molecule has 3 heterocycles. The number of hydrogen-bond acceptors (Lipinski definition) is 6. The number of rotatable bonds is 9. The molecule has 0 unspecified atom stereocenters. The highest BCUT2D eigenvalue weighted by Gasteiger charge is 2.52. The summed E-state index contributed by atoms with van der Waals surface area (Å²) in [6.45, 7) is 14.0. The van der Waals surface area contributed by atoms with E-state index in [0.717, 1.165) is 57.7 Å². The number of anilines is 1. The number of piperazine rings is 1. The van der Waals surface area contributed by atoms with E-state index < -0.39 is 12.1 Å². The standard InChI is InChI=1S/C28H42N4O4/c1-5-8-21-17-32(25-23(33)18-36-26(21)25)28(35)24(19(4)6-2)29-27(34)20-9-11-22(12-10-20)31-15-13-30(7-3)14-16-31/h9-12,19,21,24-26H,5-8,13-18H2,1-4H3,(H,29,34)/t19-,21-,24-,25+,26+/m0/s1. The van der Waals surface area contributed by atoms with Gasteiger partial charge in [-0.2, -0.15) is 0 Å². The number of ether oxygens (including phenoxy) is 1. The maximum Gasteiger partial charge on any atom is 0.251 e. The Morgan fingerprint density at radius 3 is 2.39 bits per heavy atom. The van der Waals surface area contributed by atoms with Crippen molar-refractivity contribution in [3.05, 3.63) is 29.8 Å². The van der Waals surface area contributed by atoms with E-state index in [1.807, 2.05) is 38.1 Å². The molecule has 0 radical (unpaired) electrons. The normalized spacial score (nSPS) is 26.1. The number of Topliss-reactive ketones (excluding diaryl/α,β-unsaturated/α-hetero) is 1. The average Bonchev–Trinajstić information content (AvgIpc) is 3.47. The van der Waals surface area contributed by atoms with Gasteiger partial charge in [0.25, 0.3) is 5.91 Å². The maximum absolute atomic E-state index is 13.8. The van der Waals surface area contributed by atoms with Gasteiger partial charge in [0.05, 0.1) is 6.10 Å². The quantitative estimate of drug-likeness (QED) is 0.564. The molecule has 3 fully saturated rings. The number of carbonyl (C=O) groups is 3. The number of amides is 2. The predicted octanol–water partition coefficient (Wildman–Crippen LogP) is 2.57. The van der Waals surface area contributed by atoms with Crippen LogP contribution in [0.1, 0.15) is 57.3 Å². The molecule has 8 nitrogen and oxygen atoms in total. The Kier molecular flexibility index (Phi) is 8.67. The number of carbonyl (C=O) groups excluding carboxylic acids is 3. The van der Waals surface area contributed by atoms with Crippen LogP contribution in [0.25, 0.3) is 0 Å². The molecule has 1 aromatic rings. The van der Waals surface area contributed by atoms with Crippen molar-refractivity contribution in [2.75, 3.05) is 50.8 Å². The second kappa shape index (κ2) is 11.7. The van der Waals surface area contributed by atoms with Gasteiger partial charge >= 0.3 is 0 Å². The first-order valence-electron chi connectivity index (χ1n) is 13.7. The lowest BCUT2D eigenvalue weighted by Gasteiger charge is -2.35. The van der Waals surface area contributed by atoms with Crippen LogP contribution in [-0.4, -0.2) is 91.5 Å². The van der Waals surface area contributed by atoms with Gasteiger partial charge < -0.3 is 24.8 Å². The number of nitrogens with zero attached hydrogens (tertiary/aromatic N) is 3. The average molecular weight is 499 g/mol. The second-order valence-corrected chi connectivity index (χ2v) is 10.5. The minimum atomic E-state index is -0.682. The van der Waals surface area contributed by atoms with Crippen LogP contribution in [0.2, 0.25) is 0 Å². The van der Waals surface area contributed by atoms with Crippen molar-refractivity contribution in [3.63, 3.8) is 0 Å². The second-order valence-electron chi connectivity index (χ2n) is 10.5. The lowest BCUT2D eigenvalue weighted by molar-refractivity contribution is -0.139. The van der Waals surface area contributed by atoms with Crippen molar-refractivity contribution in [3.8, 4) is 0 Å². The first-order valence-corrected chi connectivity index (χ1v) is 13.7. The summed E-state index contributed by atoms with van der Waals surface area (Å²) in [5, 5.41) is 3.01. The Bertz CT molecular complexity index is 928. The summed E-state index contributed by atoms with van der Waals surface area (Å²) in [6.07, 6.45) is 2.41. The molecular weight excluding hydrogens is 456 g/mol. The Hall–Kier alpha value is -2.45. The van der Waals surface area contributed by atoms with Crippen molar-refractivity contribution < 1.29 is 19.1 Å². The predicted molar refractivity (Wildman–Crippen MR) is 140 cm³/mol. The molecule has 8 heteroatoms. The van der Waals surface area contributed by atoms with E-state index >= 15 is 0 Å². The Labute approximate surface area is 215 Å². The molecule has 1 N–H and O–H groups in total. The minimum absolute atomic E-state index is 0.0310. The number of likely N-dealkylation sites (tertiary alicyclic amines) is 1. The molecule has 0 saturated carbocycles. The molecular formula is C28H42N4O4. The van der Waals surface area contributed by atoms with Gasteiger partial charge in [0.2, 0.25) is 5.91 Å². The van der Waals surface area contributed by atoms with Crippen molar-refractivity contribution in [1.29, 1.82) is 0 Å². The first kappa shape index (κ1) is 26.6. The molecule has 36 heavy (non-hydrogen) atoms. The van der Waals surface area contributed by atoms with Gasteiger partial charge in [-0.25, -0.2) is 0 Å². The zero-order valence-electron chi connectivity index (χ0n) is 22.2. The summed E-state index contributed by atoms with van der Waals surface area (Å²) in [7, 11) is 0. The fourth-order valence-electron chi connectivity index (χ4n) is 5.84. The van der Waals surface area contributed by atoms with Gasteiger partial charge in [-0.1, -0.05) is 40.5 Å². The van der Waals surface area contributed by atoms with Crippen molar-refractivity contribution in [2.24, 2.45) is 11.8 Å². The van der Waals surface area contributed by atoms with Crippen molar-refractivity contribution in [2.45, 2.75) is 65.1 Å². The minimum Gasteiger partial charge on any atom is -0.369 e. The van der Waals surface area contributed by atoms with Crippen LogP contribution in [-0.2, 0) is 14.3 Å². The molecule has 0 bridgehead atoms. The Morgan fingerprint density at radius 2 is 1.78 bits per heavy atom. The lowest BCUT2D eigenvalue weighted by atomic mass is 9.96. The lowest BCUT2D eigenvalue weighted by Crippen LogP contribution is -2.54. The van der Waals surface area contributed by atoms with Crippen LogP contribution in [0.3, 0.4) is 0 Å². The molecule has 0 spiro atoms. The summed E-state index contributed by atoms with van der Waals surface area (Å²) >= 11 is 0. The van der Waals surface area contributed by atoms with Gasteiger partial charge in [-0.15, -0.1) is 0 Å². The van der Waals surface area contributed by atoms with Crippen LogP contribution in [0, 0.1) is 11.8 Å². The van der Waals surface area contributed by atoms with Gasteiger partial charge in [0.1, 0.15) is 18.7 Å². The van der Waals surface area contributed by atoms with E-state index in [0.29, 0.717) is 12.1 Å². The molecule has 3 aliphatic heterocycles. The van der Waals surface area contributed by atoms with Crippen LogP contribution in [0.5, 0.6) is 0 Å². The van der Waals surface area contributed by atoms with Crippen LogP contribution < -0.4 is 10.2 Å². The Balaban J connectivity index is 1.45. The van der Waals surface area contributed by atoms with E-state index in [-0.39, 0.29) is 42.1 Å². The molecule has 3 saturated heterocycles. The first-order chi connectivity index (χ1) is 17.4. The highest BCUT2D eigenvalue weighted by Crippen LogP contribution is 2.35. The molecule has 3 aliphatic rings. The van der Waals surface area contributed by atoms with E-state index in [4.69, 9.17) is 4.74 Å². The van der Waals surface area contributed by atoms with Crippen LogP contribution in [0.4, 0.5) is 5.69 Å². The SMILES string of the molecule is CCC[C@H]1CN(C(=O)[C@@H](NC(=O)c2ccc(N3CCN(CC)CC3)cc2)[C@@H](C)CC)[C@@H]2C(=O)CO[C@H]12. The summed E-state index contributed by atoms with van der Waals surface area (Å²) < 4.78 is 5.79. The summed E-state index contributed by atoms with van der Waals surface area (Å²) in [5.41, 5.74) is 1.65. The van der Waals surface area contributed by atoms with Crippen LogP contribution in [0.15, 0.2) is 24.3 Å². The number of benzene rings is 1. The van der Waals surface area contributed by atoms with Gasteiger partial charge in [0, 0.05) is 49.9 Å². The third kappa shape index (κ3) is 5.44. The van der Waals surface area contributed by atoms with E-state index in [1.165, 1.54) is 0 Å². The number of fused-ring (bicyclic) bond motifs is 1. The monoisotopic (exact) mass is 498 g/mol. The van der Waals surface area contributed by atoms with Gasteiger partial charge in [0.15, 0.2) is 5.78 Å². The fraction of sp³-hybridized carbons (Fsp3) is 0.679. The molecule has 4 rings (SSSR count). The molecule has 5 atom stereocenters. The van der Waals surface area contributed by atoms with Crippen LogP contribution >= 0.6 is 0 Å². The zero-order chi connectivity index (χ0) is 25.8. The maximum atomic E-state index is 13.8. The molecule has 198 valence electrons. The van der Waals surface area contributed by atoms with E-state index in [1.54, 1.807) is 4.90 Å². The number of ketones is 1. The topological polar surface area (TPSA) is 82.2 Å². The van der Waals surface area contributed by atoms with E-state index in [2.05, 4.69) is 29.0 Å². The van der Waals surface area contributed by atoms with Gasteiger partial charge in [-0.05, 0) is 43.1 Å². The number of hydrogen-bond donors (Lipinski definition) is 1. The van der Waals surface area contributed by atoms with Crippen molar-refractivity contribution >= 4 is 23.3 Å². The summed E-state index contributed by atoms with van der Waals surface area (Å²) in [4.78, 5) is 46.1. The molecule has 2 amide bonds. The largest absolute Gasteiger partial charge is 0.369 e. The Morgan fingerprint density at radius 1 is 1.08 bits per heavy atom. The number of likely N-dealkylation sites (N-methyl/N-ethyl adjacent to an activating group) is 1. The zero-order valence-corrected chi connectivity index (χ0v) is 22.2. The molecule has 1 aromatic carbocycles. The third-order valence-corrected chi connectivity index (χ3v) is 8.31. The fourth-order valence-corrected chi connectivity index (χ4v) is 5.84. The molecule has 0 aromatic heterocycles. The third-order valence-electron chi connectivity index (χ3n) is 8.31.